The predicted molar refractivity (Wildman–Crippen MR) is 163 cm³/mol. The number of hydrogen-bond acceptors (Lipinski definition) is 10. The van der Waals surface area contributed by atoms with Gasteiger partial charge in [0.2, 0.25) is 5.95 Å². The summed E-state index contributed by atoms with van der Waals surface area (Å²) < 4.78 is 6.77. The average Bonchev–Trinajstić information content (AvgIpc) is 3.80. The molecule has 4 aromatic rings. The van der Waals surface area contributed by atoms with Crippen molar-refractivity contribution in [3.8, 4) is 17.9 Å². The van der Waals surface area contributed by atoms with Gasteiger partial charge in [-0.2, -0.15) is 20.0 Å². The maximum Gasteiger partial charge on any atom is 0.407 e. The number of rotatable bonds is 9. The Kier molecular flexibility index (Phi) is 7.96. The molecule has 0 bridgehead atoms. The third-order valence-electron chi connectivity index (χ3n) is 7.83. The molecule has 6 rings (SSSR count). The van der Waals surface area contributed by atoms with Crippen molar-refractivity contribution >= 4 is 46.5 Å². The number of nitrogens with zero attached hydrogens (tertiary/aromatic N) is 8. The summed E-state index contributed by atoms with van der Waals surface area (Å²) in [7, 11) is 1.63. The maximum absolute atomic E-state index is 11.2. The molecule has 2 aromatic heterocycles. The fourth-order valence-electron chi connectivity index (χ4n) is 5.32. The van der Waals surface area contributed by atoms with E-state index in [4.69, 9.17) is 21.3 Å². The summed E-state index contributed by atoms with van der Waals surface area (Å²) in [5.41, 5.74) is 3.13. The van der Waals surface area contributed by atoms with Crippen molar-refractivity contribution in [2.75, 3.05) is 35.7 Å². The molecule has 2 aliphatic rings. The fraction of sp³-hybridized carbons (Fsp3) is 0.333. The average molecular weight is 613 g/mol. The van der Waals surface area contributed by atoms with Gasteiger partial charge in [-0.15, -0.1) is 5.10 Å². The van der Waals surface area contributed by atoms with E-state index in [2.05, 4.69) is 37.8 Å². The number of fused-ring (bicyclic) bond motifs is 1. The number of nitrogens with one attached hydrogen (secondary N) is 2. The lowest BCUT2D eigenvalue weighted by molar-refractivity contribution is 0.134. The van der Waals surface area contributed by atoms with Crippen LogP contribution in [0.2, 0.25) is 5.02 Å². The molecule has 1 saturated carbocycles. The molecule has 2 aromatic carbocycles. The summed E-state index contributed by atoms with van der Waals surface area (Å²) in [4.78, 5) is 24.1. The molecule has 1 amide bonds. The number of nitriles is 2. The number of imidazole rings is 1. The van der Waals surface area contributed by atoms with Crippen molar-refractivity contribution < 1.29 is 14.6 Å². The minimum atomic E-state index is -0.929. The van der Waals surface area contributed by atoms with E-state index >= 15 is 0 Å². The monoisotopic (exact) mass is 612 g/mol. The second-order valence-corrected chi connectivity index (χ2v) is 11.2. The highest BCUT2D eigenvalue weighted by atomic mass is 35.5. The van der Waals surface area contributed by atoms with E-state index in [1.54, 1.807) is 19.2 Å². The van der Waals surface area contributed by atoms with E-state index in [1.165, 1.54) is 15.6 Å². The van der Waals surface area contributed by atoms with Gasteiger partial charge in [0.15, 0.2) is 17.2 Å². The number of piperidine rings is 1. The van der Waals surface area contributed by atoms with Crippen LogP contribution in [0.3, 0.4) is 0 Å². The van der Waals surface area contributed by atoms with Gasteiger partial charge in [0.05, 0.1) is 35.3 Å². The Morgan fingerprint density at radius 1 is 1.14 bits per heavy atom. The Morgan fingerprint density at radius 3 is 2.52 bits per heavy atom. The molecule has 1 aliphatic carbocycles. The largest absolute Gasteiger partial charge is 0.497 e. The molecular weight excluding hydrogens is 584 g/mol. The Labute approximate surface area is 258 Å². The van der Waals surface area contributed by atoms with E-state index < -0.39 is 6.09 Å². The van der Waals surface area contributed by atoms with Gasteiger partial charge in [-0.05, 0) is 55.5 Å². The number of likely N-dealkylation sites (tertiary alicyclic amines) is 1. The van der Waals surface area contributed by atoms with Gasteiger partial charge in [-0.3, -0.25) is 0 Å². The number of benzene rings is 2. The summed E-state index contributed by atoms with van der Waals surface area (Å²) >= 11 is 6.70. The van der Waals surface area contributed by atoms with Crippen LogP contribution in [0, 0.1) is 22.7 Å². The number of carbonyl (C=O) groups is 1. The molecule has 0 spiro atoms. The van der Waals surface area contributed by atoms with E-state index in [9.17, 15) is 20.4 Å². The van der Waals surface area contributed by atoms with E-state index in [0.717, 1.165) is 24.2 Å². The van der Waals surface area contributed by atoms with Crippen LogP contribution in [-0.2, 0) is 6.54 Å². The highest BCUT2D eigenvalue weighted by Gasteiger charge is 2.33. The summed E-state index contributed by atoms with van der Waals surface area (Å²) in [6.45, 7) is 1.40. The van der Waals surface area contributed by atoms with Crippen LogP contribution in [0.4, 0.5) is 27.9 Å². The van der Waals surface area contributed by atoms with Gasteiger partial charge in [0.25, 0.3) is 0 Å². The molecule has 44 heavy (non-hydrogen) atoms. The zero-order chi connectivity index (χ0) is 30.8. The summed E-state index contributed by atoms with van der Waals surface area (Å²) in [5, 5.41) is 40.3. The quantitative estimate of drug-likeness (QED) is 0.233. The minimum absolute atomic E-state index is 0.00521. The van der Waals surface area contributed by atoms with Gasteiger partial charge >= 0.3 is 6.09 Å². The summed E-state index contributed by atoms with van der Waals surface area (Å²) in [6, 6.07) is 15.8. The molecule has 1 saturated heterocycles. The van der Waals surface area contributed by atoms with Crippen molar-refractivity contribution in [2.45, 2.75) is 44.3 Å². The molecule has 0 radical (unpaired) electrons. The van der Waals surface area contributed by atoms with E-state index in [1.807, 2.05) is 24.3 Å². The van der Waals surface area contributed by atoms with Crippen molar-refractivity contribution in [2.24, 2.45) is 0 Å². The van der Waals surface area contributed by atoms with Gasteiger partial charge < -0.3 is 30.3 Å². The number of anilines is 4. The van der Waals surface area contributed by atoms with Crippen LogP contribution in [0.25, 0.3) is 5.65 Å². The first-order valence-electron chi connectivity index (χ1n) is 14.2. The molecule has 13 nitrogen and oxygen atoms in total. The molecule has 14 heteroatoms. The first-order valence-corrected chi connectivity index (χ1v) is 14.5. The summed E-state index contributed by atoms with van der Waals surface area (Å²) in [6.07, 6.45) is 3.78. The zero-order valence-corrected chi connectivity index (χ0v) is 24.6. The number of ether oxygens (including phenoxy) is 1. The SMILES string of the molecule is COc1ccc(CN(c2nc(Nc3cc(C#N)c(NC4CCN(C(=O)O)CC4)cc3Cl)nn3c(C#N)cnc23)C2CC2)cc1. The molecule has 0 unspecified atom stereocenters. The second kappa shape index (κ2) is 12.1. The Balaban J connectivity index is 1.30. The van der Waals surface area contributed by atoms with Crippen molar-refractivity contribution in [3.05, 3.63) is 64.4 Å². The first kappa shape index (κ1) is 28.8. The van der Waals surface area contributed by atoms with Gasteiger partial charge in [0.1, 0.15) is 17.9 Å². The first-order chi connectivity index (χ1) is 21.4. The number of methoxy groups -OCH3 is 1. The van der Waals surface area contributed by atoms with Gasteiger partial charge in [0, 0.05) is 31.7 Å². The molecule has 3 N–H and O–H groups in total. The van der Waals surface area contributed by atoms with Crippen LogP contribution >= 0.6 is 11.6 Å². The smallest absolute Gasteiger partial charge is 0.407 e. The molecule has 224 valence electrons. The van der Waals surface area contributed by atoms with Crippen molar-refractivity contribution in [3.63, 3.8) is 0 Å². The second-order valence-electron chi connectivity index (χ2n) is 10.8. The predicted octanol–water partition coefficient (Wildman–Crippen LogP) is 5.00. The van der Waals surface area contributed by atoms with E-state index in [0.29, 0.717) is 65.9 Å². The minimum Gasteiger partial charge on any atom is -0.497 e. The molecule has 3 heterocycles. The standard InChI is InChI=1S/C30H29ClN10O3/c1-44-23-6-2-18(3-7-23)17-40(21-4-5-21)28-27-34-16-22(15-33)41(27)38-29(37-28)36-26-12-19(14-32)25(13-24(26)31)35-20-8-10-39(11-9-20)30(42)43/h2-3,6-7,12-13,16,20-21,35H,4-5,8-11,17H2,1H3,(H,36,38)(H,42,43). The van der Waals surface area contributed by atoms with Crippen LogP contribution < -0.4 is 20.3 Å². The molecular formula is C30H29ClN10O3. The third kappa shape index (κ3) is 5.96. The lowest BCUT2D eigenvalue weighted by atomic mass is 10.0. The third-order valence-corrected chi connectivity index (χ3v) is 8.14. The highest BCUT2D eigenvalue weighted by molar-refractivity contribution is 6.33. The number of amides is 1. The van der Waals surface area contributed by atoms with E-state index in [-0.39, 0.29) is 23.7 Å². The van der Waals surface area contributed by atoms with Gasteiger partial charge in [-0.25, -0.2) is 9.78 Å². The molecule has 1 aliphatic heterocycles. The Hall–Kier alpha value is -5.27. The maximum atomic E-state index is 11.2. The Bertz CT molecular complexity index is 1780. The zero-order valence-electron chi connectivity index (χ0n) is 23.9. The van der Waals surface area contributed by atoms with Crippen LogP contribution in [-0.4, -0.2) is 68.0 Å². The van der Waals surface area contributed by atoms with Crippen LogP contribution in [0.1, 0.15) is 42.5 Å². The van der Waals surface area contributed by atoms with Crippen molar-refractivity contribution in [1.82, 2.24) is 24.5 Å². The number of hydrogen-bond donors (Lipinski definition) is 3. The number of halogens is 1. The lowest BCUT2D eigenvalue weighted by Crippen LogP contribution is -2.41. The van der Waals surface area contributed by atoms with Crippen LogP contribution in [0.15, 0.2) is 42.6 Å². The molecule has 0 atom stereocenters. The molecule has 2 fully saturated rings. The summed E-state index contributed by atoms with van der Waals surface area (Å²) in [5.74, 6) is 1.54. The van der Waals surface area contributed by atoms with Gasteiger partial charge in [-0.1, -0.05) is 23.7 Å². The normalized spacial score (nSPS) is 15.0. The number of carboxylic acid groups (broad SMARTS) is 1. The van der Waals surface area contributed by atoms with Crippen molar-refractivity contribution in [1.29, 1.82) is 10.5 Å². The fourth-order valence-corrected chi connectivity index (χ4v) is 5.53. The van der Waals surface area contributed by atoms with Crippen LogP contribution in [0.5, 0.6) is 5.75 Å². The highest BCUT2D eigenvalue weighted by Crippen LogP contribution is 2.36. The topological polar surface area (TPSA) is 168 Å². The Morgan fingerprint density at radius 2 is 1.89 bits per heavy atom. The number of aromatic nitrogens is 4. The lowest BCUT2D eigenvalue weighted by Gasteiger charge is -2.31.